The average molecular weight is 390 g/mol. The number of nitro groups is 1. The van der Waals surface area contributed by atoms with Crippen LogP contribution in [0.1, 0.15) is 32.1 Å². The third kappa shape index (κ3) is 4.57. The number of anilines is 2. The van der Waals surface area contributed by atoms with Gasteiger partial charge in [0.2, 0.25) is 10.0 Å². The molecule has 0 aliphatic heterocycles. The van der Waals surface area contributed by atoms with Crippen LogP contribution in [0.5, 0.6) is 5.75 Å². The Bertz CT molecular complexity index is 909. The lowest BCUT2D eigenvalue weighted by atomic mass is 9.98. The largest absolute Gasteiger partial charge is 0.488 e. The van der Waals surface area contributed by atoms with E-state index in [2.05, 4.69) is 0 Å². The molecule has 2 aromatic rings. The monoisotopic (exact) mass is 390 g/mol. The van der Waals surface area contributed by atoms with Crippen molar-refractivity contribution < 1.29 is 18.1 Å². The first kappa shape index (κ1) is 19.2. The highest BCUT2D eigenvalue weighted by Crippen LogP contribution is 2.39. The number of para-hydroxylation sites is 1. The van der Waals surface area contributed by atoms with Crippen molar-refractivity contribution in [3.63, 3.8) is 0 Å². The van der Waals surface area contributed by atoms with Crippen LogP contribution in [-0.2, 0) is 10.0 Å². The molecule has 7 nitrogen and oxygen atoms in total. The topological polar surface area (TPSA) is 89.8 Å². The number of rotatable bonds is 6. The summed E-state index contributed by atoms with van der Waals surface area (Å²) in [7, 11) is -3.68. The van der Waals surface area contributed by atoms with Crippen molar-refractivity contribution in [2.45, 2.75) is 38.2 Å². The minimum atomic E-state index is -3.68. The van der Waals surface area contributed by atoms with Crippen molar-refractivity contribution in [3.05, 3.63) is 58.6 Å². The first-order valence-corrected chi connectivity index (χ1v) is 10.7. The number of nitro benzene ring substituents is 1. The zero-order chi connectivity index (χ0) is 19.4. The van der Waals surface area contributed by atoms with E-state index in [-0.39, 0.29) is 23.2 Å². The minimum Gasteiger partial charge on any atom is -0.488 e. The Kier molecular flexibility index (Phi) is 5.65. The summed E-state index contributed by atoms with van der Waals surface area (Å²) in [5.74, 6) is 0.213. The summed E-state index contributed by atoms with van der Waals surface area (Å²) in [6.07, 6.45) is 5.94. The van der Waals surface area contributed by atoms with Crippen molar-refractivity contribution in [1.29, 1.82) is 0 Å². The zero-order valence-corrected chi connectivity index (χ0v) is 15.9. The highest BCUT2D eigenvalue weighted by molar-refractivity contribution is 7.92. The van der Waals surface area contributed by atoms with Crippen molar-refractivity contribution in [2.24, 2.45) is 0 Å². The van der Waals surface area contributed by atoms with Gasteiger partial charge in [-0.25, -0.2) is 12.7 Å². The Morgan fingerprint density at radius 1 is 1.07 bits per heavy atom. The fourth-order valence-corrected chi connectivity index (χ4v) is 4.33. The van der Waals surface area contributed by atoms with E-state index in [4.69, 9.17) is 4.74 Å². The molecule has 0 aromatic heterocycles. The lowest BCUT2D eigenvalue weighted by Crippen LogP contribution is -2.27. The number of sulfonamides is 1. The first-order chi connectivity index (χ1) is 12.9. The zero-order valence-electron chi connectivity index (χ0n) is 15.1. The number of non-ortho nitro benzene ring substituents is 1. The van der Waals surface area contributed by atoms with E-state index in [0.717, 1.165) is 42.7 Å². The van der Waals surface area contributed by atoms with E-state index < -0.39 is 14.9 Å². The molecule has 3 rings (SSSR count). The molecule has 1 aliphatic carbocycles. The second-order valence-corrected chi connectivity index (χ2v) is 8.48. The summed E-state index contributed by atoms with van der Waals surface area (Å²) in [4.78, 5) is 10.7. The van der Waals surface area contributed by atoms with Crippen LogP contribution in [0.3, 0.4) is 0 Å². The summed E-state index contributed by atoms with van der Waals surface area (Å²) >= 11 is 0. The highest BCUT2D eigenvalue weighted by atomic mass is 32.2. The Balaban J connectivity index is 2.09. The number of benzene rings is 2. The number of ether oxygens (including phenoxy) is 1. The van der Waals surface area contributed by atoms with Crippen molar-refractivity contribution >= 4 is 27.1 Å². The maximum Gasteiger partial charge on any atom is 0.273 e. The third-order valence-electron chi connectivity index (χ3n) is 4.54. The molecule has 0 radical (unpaired) electrons. The van der Waals surface area contributed by atoms with E-state index in [0.29, 0.717) is 5.69 Å². The Morgan fingerprint density at radius 3 is 2.33 bits per heavy atom. The Hall–Kier alpha value is -2.61. The Morgan fingerprint density at radius 2 is 1.74 bits per heavy atom. The second-order valence-electron chi connectivity index (χ2n) is 6.65. The van der Waals surface area contributed by atoms with Gasteiger partial charge in [0.1, 0.15) is 0 Å². The smallest absolute Gasteiger partial charge is 0.273 e. The standard InChI is InChI=1S/C19H22N2O5S/c1-27(24,25)20(15-8-4-2-5-9-15)18-13-12-16(21(22)23)14-19(18)26-17-10-6-3-7-11-17/h2,4-5,8-9,12-14,17H,3,6-7,10-11H2,1H3. The van der Waals surface area contributed by atoms with Gasteiger partial charge in [-0.05, 0) is 43.9 Å². The number of nitrogens with zero attached hydrogens (tertiary/aromatic N) is 2. The molecule has 27 heavy (non-hydrogen) atoms. The molecule has 0 spiro atoms. The maximum atomic E-state index is 12.5. The van der Waals surface area contributed by atoms with Gasteiger partial charge in [-0.15, -0.1) is 0 Å². The van der Waals surface area contributed by atoms with E-state index >= 15 is 0 Å². The molecular formula is C19H22N2O5S. The molecule has 1 fully saturated rings. The third-order valence-corrected chi connectivity index (χ3v) is 5.61. The predicted octanol–water partition coefficient (Wildman–Crippen LogP) is 4.40. The molecule has 0 unspecified atom stereocenters. The highest BCUT2D eigenvalue weighted by Gasteiger charge is 2.27. The van der Waals surface area contributed by atoms with Gasteiger partial charge in [0.15, 0.2) is 5.75 Å². The van der Waals surface area contributed by atoms with Crippen LogP contribution in [-0.4, -0.2) is 25.7 Å². The van der Waals surface area contributed by atoms with Crippen LogP contribution in [0, 0.1) is 10.1 Å². The van der Waals surface area contributed by atoms with Gasteiger partial charge in [0, 0.05) is 6.07 Å². The van der Waals surface area contributed by atoms with E-state index in [1.54, 1.807) is 30.3 Å². The summed E-state index contributed by atoms with van der Waals surface area (Å²) in [6, 6.07) is 12.7. The Labute approximate surface area is 158 Å². The van der Waals surface area contributed by atoms with Crippen molar-refractivity contribution in [2.75, 3.05) is 10.6 Å². The summed E-state index contributed by atoms with van der Waals surface area (Å²) in [5.41, 5.74) is 0.591. The van der Waals surface area contributed by atoms with Crippen molar-refractivity contribution in [3.8, 4) is 5.75 Å². The summed E-state index contributed by atoms with van der Waals surface area (Å²) < 4.78 is 32.3. The van der Waals surface area contributed by atoms with Crippen LogP contribution in [0.2, 0.25) is 0 Å². The van der Waals surface area contributed by atoms with E-state index in [1.807, 2.05) is 0 Å². The quantitative estimate of drug-likeness (QED) is 0.538. The molecule has 0 N–H and O–H groups in total. The van der Waals surface area contributed by atoms with Gasteiger partial charge in [0.25, 0.3) is 5.69 Å². The van der Waals surface area contributed by atoms with Crippen LogP contribution in [0.4, 0.5) is 17.1 Å². The molecule has 0 bridgehead atoms. The fourth-order valence-electron chi connectivity index (χ4n) is 3.31. The maximum absolute atomic E-state index is 12.5. The van der Waals surface area contributed by atoms with Crippen molar-refractivity contribution in [1.82, 2.24) is 0 Å². The molecule has 1 saturated carbocycles. The van der Waals surface area contributed by atoms with Gasteiger partial charge in [-0.1, -0.05) is 24.6 Å². The minimum absolute atomic E-state index is 0.0725. The lowest BCUT2D eigenvalue weighted by molar-refractivity contribution is -0.384. The van der Waals surface area contributed by atoms with Gasteiger partial charge >= 0.3 is 0 Å². The molecule has 144 valence electrons. The lowest BCUT2D eigenvalue weighted by Gasteiger charge is -2.28. The predicted molar refractivity (Wildman–Crippen MR) is 104 cm³/mol. The molecule has 0 amide bonds. The molecule has 0 saturated heterocycles. The van der Waals surface area contributed by atoms with E-state index in [1.165, 1.54) is 18.2 Å². The normalized spacial score (nSPS) is 15.3. The summed E-state index contributed by atoms with van der Waals surface area (Å²) in [6.45, 7) is 0. The molecule has 0 atom stereocenters. The first-order valence-electron chi connectivity index (χ1n) is 8.87. The van der Waals surface area contributed by atoms with Crippen LogP contribution < -0.4 is 9.04 Å². The SMILES string of the molecule is CS(=O)(=O)N(c1ccccc1)c1ccc([N+](=O)[O-])cc1OC1CCCCC1. The van der Waals surface area contributed by atoms with Gasteiger partial charge < -0.3 is 4.74 Å². The second kappa shape index (κ2) is 7.96. The summed E-state index contributed by atoms with van der Waals surface area (Å²) in [5, 5.41) is 11.2. The van der Waals surface area contributed by atoms with Gasteiger partial charge in [-0.2, -0.15) is 0 Å². The fraction of sp³-hybridized carbons (Fsp3) is 0.368. The van der Waals surface area contributed by atoms with Crippen LogP contribution >= 0.6 is 0 Å². The number of hydrogen-bond donors (Lipinski definition) is 0. The number of hydrogen-bond acceptors (Lipinski definition) is 5. The molecule has 2 aromatic carbocycles. The molecular weight excluding hydrogens is 368 g/mol. The average Bonchev–Trinajstić information content (AvgIpc) is 2.63. The van der Waals surface area contributed by atoms with Crippen LogP contribution in [0.25, 0.3) is 0 Å². The van der Waals surface area contributed by atoms with Gasteiger partial charge in [0.05, 0.1) is 34.7 Å². The molecule has 0 heterocycles. The van der Waals surface area contributed by atoms with Gasteiger partial charge in [-0.3, -0.25) is 10.1 Å². The van der Waals surface area contributed by atoms with E-state index in [9.17, 15) is 18.5 Å². The molecule has 8 heteroatoms. The molecule has 1 aliphatic rings. The van der Waals surface area contributed by atoms with Crippen LogP contribution in [0.15, 0.2) is 48.5 Å².